The van der Waals surface area contributed by atoms with Crippen LogP contribution in [0.3, 0.4) is 0 Å². The Morgan fingerprint density at radius 3 is 3.17 bits per heavy atom. The molecule has 1 atom stereocenters. The first-order chi connectivity index (χ1) is 8.79. The molecule has 0 spiro atoms. The van der Waals surface area contributed by atoms with Crippen LogP contribution < -0.4 is 5.32 Å². The number of likely N-dealkylation sites (tertiary alicyclic amines) is 1. The Labute approximate surface area is 110 Å². The number of hydrogen-bond acceptors (Lipinski definition) is 4. The lowest BCUT2D eigenvalue weighted by Gasteiger charge is -2.31. The zero-order chi connectivity index (χ0) is 12.8. The molecule has 1 saturated heterocycles. The van der Waals surface area contributed by atoms with Gasteiger partial charge in [0.05, 0.1) is 6.20 Å². The smallest absolute Gasteiger partial charge is 0.195 e. The highest BCUT2D eigenvalue weighted by Crippen LogP contribution is 2.19. The standard InChI is InChI=1S/C14H25N3O/c1-15-8-5-7-13-11-16-14(18-13)10-12-6-3-4-9-17(12)2/h11-12,15H,3-10H2,1-2H3. The van der Waals surface area contributed by atoms with Crippen LogP contribution in [0.4, 0.5) is 0 Å². The molecule has 0 amide bonds. The Bertz CT molecular complexity index is 351. The molecule has 0 radical (unpaired) electrons. The lowest BCUT2D eigenvalue weighted by atomic mass is 10.0. The quantitative estimate of drug-likeness (QED) is 0.784. The second-order valence-electron chi connectivity index (χ2n) is 5.26. The van der Waals surface area contributed by atoms with E-state index in [2.05, 4.69) is 22.2 Å². The summed E-state index contributed by atoms with van der Waals surface area (Å²) in [6.07, 6.45) is 8.88. The van der Waals surface area contributed by atoms with Gasteiger partial charge in [-0.3, -0.25) is 0 Å². The molecule has 1 unspecified atom stereocenters. The molecule has 102 valence electrons. The van der Waals surface area contributed by atoms with E-state index in [1.54, 1.807) is 0 Å². The molecule has 1 aliphatic heterocycles. The van der Waals surface area contributed by atoms with Gasteiger partial charge in [0.15, 0.2) is 5.89 Å². The summed E-state index contributed by atoms with van der Waals surface area (Å²) >= 11 is 0. The van der Waals surface area contributed by atoms with Crippen LogP contribution in [-0.4, -0.2) is 43.1 Å². The number of piperidine rings is 1. The summed E-state index contributed by atoms with van der Waals surface area (Å²) in [4.78, 5) is 6.85. The van der Waals surface area contributed by atoms with Crippen molar-refractivity contribution in [2.24, 2.45) is 0 Å². The SMILES string of the molecule is CNCCCc1cnc(CC2CCCCN2C)o1. The molecule has 1 aromatic heterocycles. The number of likely N-dealkylation sites (N-methyl/N-ethyl adjacent to an activating group) is 1. The number of nitrogens with one attached hydrogen (secondary N) is 1. The highest BCUT2D eigenvalue weighted by Gasteiger charge is 2.21. The van der Waals surface area contributed by atoms with Crippen LogP contribution in [0.1, 0.15) is 37.3 Å². The summed E-state index contributed by atoms with van der Waals surface area (Å²) in [6.45, 7) is 2.24. The number of nitrogens with zero attached hydrogens (tertiary/aromatic N) is 2. The Balaban J connectivity index is 1.82. The topological polar surface area (TPSA) is 41.3 Å². The van der Waals surface area contributed by atoms with Gasteiger partial charge in [0.25, 0.3) is 0 Å². The number of rotatable bonds is 6. The third-order valence-corrected chi connectivity index (χ3v) is 3.78. The molecule has 0 aromatic carbocycles. The van der Waals surface area contributed by atoms with Crippen molar-refractivity contribution in [3.05, 3.63) is 17.8 Å². The zero-order valence-electron chi connectivity index (χ0n) is 11.6. The summed E-state index contributed by atoms with van der Waals surface area (Å²) in [5.74, 6) is 1.94. The summed E-state index contributed by atoms with van der Waals surface area (Å²) < 4.78 is 5.82. The van der Waals surface area contributed by atoms with Gasteiger partial charge in [-0.2, -0.15) is 0 Å². The van der Waals surface area contributed by atoms with Crippen molar-refractivity contribution in [1.82, 2.24) is 15.2 Å². The van der Waals surface area contributed by atoms with Gasteiger partial charge >= 0.3 is 0 Å². The molecular weight excluding hydrogens is 226 g/mol. The molecule has 1 fully saturated rings. The summed E-state index contributed by atoms with van der Waals surface area (Å²) in [5.41, 5.74) is 0. The molecular formula is C14H25N3O. The average molecular weight is 251 g/mol. The Morgan fingerprint density at radius 2 is 2.39 bits per heavy atom. The van der Waals surface area contributed by atoms with Crippen LogP contribution in [0, 0.1) is 0 Å². The second-order valence-corrected chi connectivity index (χ2v) is 5.26. The van der Waals surface area contributed by atoms with Gasteiger partial charge in [-0.05, 0) is 46.4 Å². The summed E-state index contributed by atoms with van der Waals surface area (Å²) in [5, 5.41) is 3.15. The van der Waals surface area contributed by atoms with E-state index in [-0.39, 0.29) is 0 Å². The fraction of sp³-hybridized carbons (Fsp3) is 0.786. The maximum absolute atomic E-state index is 5.82. The predicted octanol–water partition coefficient (Wildman–Crippen LogP) is 1.85. The molecule has 4 heteroatoms. The van der Waals surface area contributed by atoms with Crippen molar-refractivity contribution in [2.45, 2.75) is 44.6 Å². The van der Waals surface area contributed by atoms with Crippen LogP contribution in [0.5, 0.6) is 0 Å². The van der Waals surface area contributed by atoms with Gasteiger partial charge in [0, 0.05) is 18.9 Å². The highest BCUT2D eigenvalue weighted by atomic mass is 16.4. The largest absolute Gasteiger partial charge is 0.446 e. The Kier molecular flexibility index (Phi) is 5.20. The minimum absolute atomic E-state index is 0.613. The van der Waals surface area contributed by atoms with Gasteiger partial charge < -0.3 is 14.6 Å². The fourth-order valence-corrected chi connectivity index (χ4v) is 2.60. The first-order valence-electron chi connectivity index (χ1n) is 7.08. The van der Waals surface area contributed by atoms with E-state index in [1.807, 2.05) is 13.2 Å². The fourth-order valence-electron chi connectivity index (χ4n) is 2.60. The van der Waals surface area contributed by atoms with E-state index in [9.17, 15) is 0 Å². The summed E-state index contributed by atoms with van der Waals surface area (Å²) in [6, 6.07) is 0.613. The van der Waals surface area contributed by atoms with Crippen LogP contribution in [0.25, 0.3) is 0 Å². The molecule has 1 aliphatic rings. The minimum Gasteiger partial charge on any atom is -0.446 e. The van der Waals surface area contributed by atoms with E-state index in [0.717, 1.165) is 37.5 Å². The minimum atomic E-state index is 0.613. The lowest BCUT2D eigenvalue weighted by Crippen LogP contribution is -2.37. The molecule has 0 bridgehead atoms. The maximum atomic E-state index is 5.82. The van der Waals surface area contributed by atoms with Crippen LogP contribution in [0.15, 0.2) is 10.6 Å². The number of hydrogen-bond donors (Lipinski definition) is 1. The highest BCUT2D eigenvalue weighted by molar-refractivity contribution is 4.96. The van der Waals surface area contributed by atoms with Crippen molar-refractivity contribution in [3.8, 4) is 0 Å². The molecule has 2 rings (SSSR count). The predicted molar refractivity (Wildman–Crippen MR) is 72.7 cm³/mol. The van der Waals surface area contributed by atoms with Crippen LogP contribution >= 0.6 is 0 Å². The van der Waals surface area contributed by atoms with Crippen molar-refractivity contribution >= 4 is 0 Å². The van der Waals surface area contributed by atoms with Gasteiger partial charge in [-0.1, -0.05) is 6.42 Å². The van der Waals surface area contributed by atoms with Crippen LogP contribution in [0.2, 0.25) is 0 Å². The third-order valence-electron chi connectivity index (χ3n) is 3.78. The van der Waals surface area contributed by atoms with Gasteiger partial charge in [-0.25, -0.2) is 4.98 Å². The second kappa shape index (κ2) is 6.90. The Hall–Kier alpha value is -0.870. The first-order valence-corrected chi connectivity index (χ1v) is 7.08. The number of aromatic nitrogens is 1. The van der Waals surface area contributed by atoms with Gasteiger partial charge in [-0.15, -0.1) is 0 Å². The van der Waals surface area contributed by atoms with Gasteiger partial charge in [0.1, 0.15) is 5.76 Å². The Morgan fingerprint density at radius 1 is 1.50 bits per heavy atom. The van der Waals surface area contributed by atoms with E-state index in [0.29, 0.717) is 6.04 Å². The lowest BCUT2D eigenvalue weighted by molar-refractivity contribution is 0.176. The molecule has 1 N–H and O–H groups in total. The van der Waals surface area contributed by atoms with Crippen molar-refractivity contribution in [2.75, 3.05) is 27.2 Å². The molecule has 4 nitrogen and oxygen atoms in total. The number of aryl methyl sites for hydroxylation is 1. The monoisotopic (exact) mass is 251 g/mol. The van der Waals surface area contributed by atoms with Crippen LogP contribution in [-0.2, 0) is 12.8 Å². The average Bonchev–Trinajstić information content (AvgIpc) is 2.80. The molecule has 0 saturated carbocycles. The van der Waals surface area contributed by atoms with Crippen molar-refractivity contribution in [1.29, 1.82) is 0 Å². The van der Waals surface area contributed by atoms with E-state index < -0.39 is 0 Å². The molecule has 2 heterocycles. The van der Waals surface area contributed by atoms with Crippen molar-refractivity contribution < 1.29 is 4.42 Å². The van der Waals surface area contributed by atoms with E-state index >= 15 is 0 Å². The molecule has 0 aliphatic carbocycles. The molecule has 1 aromatic rings. The van der Waals surface area contributed by atoms with E-state index in [4.69, 9.17) is 4.42 Å². The first kappa shape index (κ1) is 13.6. The maximum Gasteiger partial charge on any atom is 0.195 e. The zero-order valence-corrected chi connectivity index (χ0v) is 11.6. The van der Waals surface area contributed by atoms with Gasteiger partial charge in [0.2, 0.25) is 0 Å². The third kappa shape index (κ3) is 3.82. The van der Waals surface area contributed by atoms with Crippen molar-refractivity contribution in [3.63, 3.8) is 0 Å². The van der Waals surface area contributed by atoms with E-state index in [1.165, 1.54) is 25.8 Å². The molecule has 18 heavy (non-hydrogen) atoms. The number of oxazole rings is 1. The summed E-state index contributed by atoms with van der Waals surface area (Å²) in [7, 11) is 4.19. The normalized spacial score (nSPS) is 21.3.